The Kier molecular flexibility index (Phi) is 7.85. The number of rotatable bonds is 6. The van der Waals surface area contributed by atoms with Gasteiger partial charge in [0, 0.05) is 52.2 Å². The van der Waals surface area contributed by atoms with Crippen LogP contribution in [-0.2, 0) is 10.8 Å². The first kappa shape index (κ1) is 30.8. The van der Waals surface area contributed by atoms with E-state index in [1.165, 1.54) is 71.5 Å². The van der Waals surface area contributed by atoms with Crippen LogP contribution >= 0.6 is 11.8 Å². The van der Waals surface area contributed by atoms with Gasteiger partial charge in [0.2, 0.25) is 5.69 Å². The van der Waals surface area contributed by atoms with Gasteiger partial charge in [-0.1, -0.05) is 80.6 Å². The molecule has 7 rings (SSSR count). The van der Waals surface area contributed by atoms with E-state index in [2.05, 4.69) is 148 Å². The van der Waals surface area contributed by atoms with Crippen molar-refractivity contribution in [3.8, 4) is 0 Å². The van der Waals surface area contributed by atoms with Crippen molar-refractivity contribution in [3.63, 3.8) is 0 Å². The second-order valence-electron chi connectivity index (χ2n) is 14.0. The van der Waals surface area contributed by atoms with Gasteiger partial charge in [-0.05, 0) is 89.6 Å². The van der Waals surface area contributed by atoms with Crippen molar-refractivity contribution in [2.45, 2.75) is 57.8 Å². The largest absolute Gasteiger partial charge is 0.396 e. The third kappa shape index (κ3) is 4.89. The fourth-order valence-corrected chi connectivity index (χ4v) is 9.31. The molecule has 0 unspecified atom stereocenters. The van der Waals surface area contributed by atoms with Gasteiger partial charge >= 0.3 is 0 Å². The number of allylic oxidation sites excluding steroid dienone is 7. The third-order valence-corrected chi connectivity index (χ3v) is 11.7. The molecule has 0 spiro atoms. The third-order valence-electron chi connectivity index (χ3n) is 10.5. The lowest BCUT2D eigenvalue weighted by Crippen LogP contribution is -2.27. The van der Waals surface area contributed by atoms with E-state index in [1.54, 1.807) is 11.8 Å². The average molecular weight is 626 g/mol. The van der Waals surface area contributed by atoms with E-state index < -0.39 is 0 Å². The summed E-state index contributed by atoms with van der Waals surface area (Å²) in [5, 5.41) is 15.1. The van der Waals surface area contributed by atoms with Crippen LogP contribution in [0.2, 0.25) is 0 Å². The van der Waals surface area contributed by atoms with Crippen LogP contribution in [0.4, 0.5) is 11.4 Å². The van der Waals surface area contributed by atoms with Crippen LogP contribution in [0, 0.1) is 0 Å². The number of hydrogen-bond acceptors (Lipinski definition) is 3. The minimum atomic E-state index is -0.115. The van der Waals surface area contributed by atoms with E-state index in [1.807, 2.05) is 0 Å². The first-order chi connectivity index (χ1) is 22.1. The lowest BCUT2D eigenvalue weighted by Gasteiger charge is -2.25. The molecule has 0 atom stereocenters. The zero-order valence-corrected chi connectivity index (χ0v) is 28.8. The highest BCUT2D eigenvalue weighted by Crippen LogP contribution is 2.50. The second kappa shape index (κ2) is 11.7. The van der Waals surface area contributed by atoms with E-state index in [-0.39, 0.29) is 17.4 Å². The van der Waals surface area contributed by atoms with Crippen LogP contribution in [0.15, 0.2) is 119 Å². The van der Waals surface area contributed by atoms with Crippen molar-refractivity contribution in [2.75, 3.05) is 31.4 Å². The Morgan fingerprint density at radius 3 is 2.20 bits per heavy atom. The number of benzene rings is 4. The minimum absolute atomic E-state index is 0.115. The first-order valence-corrected chi connectivity index (χ1v) is 17.6. The number of aliphatic hydroxyl groups is 1. The minimum Gasteiger partial charge on any atom is -0.396 e. The molecule has 2 aliphatic heterocycles. The number of likely N-dealkylation sites (N-methyl/N-ethyl adjacent to an activating group) is 1. The highest BCUT2D eigenvalue weighted by Gasteiger charge is 2.44. The summed E-state index contributed by atoms with van der Waals surface area (Å²) in [5.41, 5.74) is 10.5. The summed E-state index contributed by atoms with van der Waals surface area (Å²) in [7, 11) is 4.41. The van der Waals surface area contributed by atoms with Crippen molar-refractivity contribution < 1.29 is 9.68 Å². The van der Waals surface area contributed by atoms with Crippen molar-refractivity contribution in [3.05, 3.63) is 130 Å². The molecule has 2 heterocycles. The van der Waals surface area contributed by atoms with E-state index >= 15 is 0 Å². The highest BCUT2D eigenvalue weighted by atomic mass is 32.2. The van der Waals surface area contributed by atoms with Gasteiger partial charge in [-0.3, -0.25) is 0 Å². The van der Waals surface area contributed by atoms with Gasteiger partial charge in [0.1, 0.15) is 7.05 Å². The van der Waals surface area contributed by atoms with E-state index in [0.29, 0.717) is 5.75 Å². The SMILES string of the molecule is CN1/C(=C/C=C2\CCCC(/C=C/C3=[N+](C)c4ccc5ccccc5c4C3(C)C)=C2SCCO)C(C)(C)c2c1ccc1ccccc21. The summed E-state index contributed by atoms with van der Waals surface area (Å²) in [4.78, 5) is 3.71. The predicted molar refractivity (Wildman–Crippen MR) is 199 cm³/mol. The zero-order valence-electron chi connectivity index (χ0n) is 28.0. The number of aliphatic hydroxyl groups excluding tert-OH is 1. The maximum Gasteiger partial charge on any atom is 0.210 e. The van der Waals surface area contributed by atoms with E-state index in [9.17, 15) is 5.11 Å². The molecule has 0 radical (unpaired) electrons. The summed E-state index contributed by atoms with van der Waals surface area (Å²) in [6.45, 7) is 9.61. The summed E-state index contributed by atoms with van der Waals surface area (Å²) < 4.78 is 2.38. The fourth-order valence-electron chi connectivity index (χ4n) is 8.30. The fraction of sp³-hybridized carbons (Fsp3) is 0.310. The van der Waals surface area contributed by atoms with Gasteiger partial charge < -0.3 is 10.0 Å². The van der Waals surface area contributed by atoms with Crippen molar-refractivity contribution in [1.29, 1.82) is 0 Å². The summed E-state index contributed by atoms with van der Waals surface area (Å²) >= 11 is 1.80. The molecule has 4 aromatic carbocycles. The summed E-state index contributed by atoms with van der Waals surface area (Å²) in [6, 6.07) is 26.6. The van der Waals surface area contributed by atoms with Crippen LogP contribution in [0.3, 0.4) is 0 Å². The second-order valence-corrected chi connectivity index (χ2v) is 15.1. The van der Waals surface area contributed by atoms with Crippen LogP contribution in [0.5, 0.6) is 0 Å². The molecule has 0 aromatic heterocycles. The molecule has 0 saturated heterocycles. The molecule has 4 aromatic rings. The Labute approximate surface area is 278 Å². The molecule has 0 bridgehead atoms. The quantitative estimate of drug-likeness (QED) is 0.216. The normalized spacial score (nSPS) is 20.6. The van der Waals surface area contributed by atoms with Crippen LogP contribution in [0.1, 0.15) is 58.1 Å². The van der Waals surface area contributed by atoms with E-state index in [4.69, 9.17) is 0 Å². The van der Waals surface area contributed by atoms with Gasteiger partial charge in [0.15, 0.2) is 5.71 Å². The monoisotopic (exact) mass is 625 g/mol. The Bertz CT molecular complexity index is 2040. The first-order valence-electron chi connectivity index (χ1n) is 16.6. The van der Waals surface area contributed by atoms with Crippen molar-refractivity contribution in [2.24, 2.45) is 0 Å². The topological polar surface area (TPSA) is 26.5 Å². The smallest absolute Gasteiger partial charge is 0.210 e. The molecule has 1 N–H and O–H groups in total. The van der Waals surface area contributed by atoms with Gasteiger partial charge in [-0.25, -0.2) is 0 Å². The Balaban J connectivity index is 1.26. The summed E-state index contributed by atoms with van der Waals surface area (Å²) in [6.07, 6.45) is 12.7. The maximum absolute atomic E-state index is 9.84. The molecule has 0 saturated carbocycles. The average Bonchev–Trinajstić information content (AvgIpc) is 3.38. The number of thioether (sulfide) groups is 1. The Morgan fingerprint density at radius 1 is 0.804 bits per heavy atom. The lowest BCUT2D eigenvalue weighted by molar-refractivity contribution is -0.401. The van der Waals surface area contributed by atoms with Crippen LogP contribution in [-0.4, -0.2) is 41.8 Å². The van der Waals surface area contributed by atoms with Crippen molar-refractivity contribution >= 4 is 50.4 Å². The molecule has 3 nitrogen and oxygen atoms in total. The molecule has 4 heteroatoms. The Morgan fingerprint density at radius 2 is 1.48 bits per heavy atom. The molecule has 46 heavy (non-hydrogen) atoms. The molecule has 0 fully saturated rings. The molecular formula is C42H45N2OS+. The van der Waals surface area contributed by atoms with Crippen molar-refractivity contribution in [1.82, 2.24) is 0 Å². The molecule has 234 valence electrons. The highest BCUT2D eigenvalue weighted by molar-refractivity contribution is 8.03. The van der Waals surface area contributed by atoms with Gasteiger partial charge in [-0.15, -0.1) is 11.8 Å². The maximum atomic E-state index is 9.84. The zero-order chi connectivity index (χ0) is 32.2. The molecular weight excluding hydrogens is 581 g/mol. The molecule has 1 aliphatic carbocycles. The predicted octanol–water partition coefficient (Wildman–Crippen LogP) is 9.96. The van der Waals surface area contributed by atoms with Crippen LogP contribution < -0.4 is 4.90 Å². The van der Waals surface area contributed by atoms with Crippen LogP contribution in [0.25, 0.3) is 21.5 Å². The standard InChI is InChI=1S/C42H45N2OS/c1-41(2)36(43(5)34-22-18-28-12-7-9-16-32(28)38(34)41)24-20-30-14-11-15-31(40(30)46-27-26-45)21-25-37-42(3,4)39-33-17-10-8-13-29(33)19-23-35(39)44(37)6/h7-10,12-13,16-25,45H,11,14-15,26-27H2,1-6H3/q+1. The number of fused-ring (bicyclic) bond motifs is 6. The Hall–Kier alpha value is -3.86. The van der Waals surface area contributed by atoms with Gasteiger partial charge in [-0.2, -0.15) is 4.58 Å². The van der Waals surface area contributed by atoms with Gasteiger partial charge in [0.05, 0.1) is 12.0 Å². The lowest BCUT2D eigenvalue weighted by atomic mass is 9.78. The number of hydrogen-bond donors (Lipinski definition) is 1. The summed E-state index contributed by atoms with van der Waals surface area (Å²) in [5.74, 6) is 0.697. The number of anilines is 1. The molecule has 0 amide bonds. The van der Waals surface area contributed by atoms with E-state index in [0.717, 1.165) is 19.3 Å². The molecule has 3 aliphatic rings. The number of nitrogens with zero attached hydrogens (tertiary/aromatic N) is 2. The van der Waals surface area contributed by atoms with Gasteiger partial charge in [0.25, 0.3) is 0 Å².